The smallest absolute Gasteiger partial charge is 0.355 e. The van der Waals surface area contributed by atoms with Gasteiger partial charge in [-0.3, -0.25) is 9.59 Å². The van der Waals surface area contributed by atoms with Gasteiger partial charge in [0.2, 0.25) is 11.8 Å². The number of hydrogen-bond acceptors (Lipinski definition) is 3. The molecule has 2 amide bonds. The van der Waals surface area contributed by atoms with E-state index in [1.54, 1.807) is 26.8 Å². The Morgan fingerprint density at radius 3 is 2.25 bits per heavy atom. The number of nitrogens with zero attached hydrogens (tertiary/aromatic N) is 2. The van der Waals surface area contributed by atoms with Crippen LogP contribution in [0.25, 0.3) is 0 Å². The topological polar surface area (TPSA) is 52.6 Å². The highest BCUT2D eigenvalue weighted by Crippen LogP contribution is 2.29. The fourth-order valence-electron chi connectivity index (χ4n) is 2.39. The maximum absolute atomic E-state index is 12.9. The van der Waals surface area contributed by atoms with Crippen LogP contribution in [0.15, 0.2) is 24.3 Å². The zero-order valence-electron chi connectivity index (χ0n) is 17.2. The summed E-state index contributed by atoms with van der Waals surface area (Å²) >= 11 is 0. The molecule has 0 fully saturated rings. The first kappa shape index (κ1) is 23.9. The SMILES string of the molecule is CN(C)CCN(Cc1cccc(C(F)(F)F)c1)C(=O)CCNC(=O)C(C)(C)C. The first-order chi connectivity index (χ1) is 12.8. The molecular formula is C20H30F3N3O2. The Balaban J connectivity index is 2.80. The van der Waals surface area contributed by atoms with Crippen molar-refractivity contribution in [2.75, 3.05) is 33.7 Å². The average molecular weight is 401 g/mol. The molecule has 28 heavy (non-hydrogen) atoms. The minimum absolute atomic E-state index is 0.0871. The van der Waals surface area contributed by atoms with Crippen LogP contribution in [0.1, 0.15) is 38.3 Å². The molecule has 0 aliphatic heterocycles. The molecule has 0 heterocycles. The summed E-state index contributed by atoms with van der Waals surface area (Å²) < 4.78 is 38.8. The van der Waals surface area contributed by atoms with Crippen LogP contribution in [-0.4, -0.2) is 55.3 Å². The van der Waals surface area contributed by atoms with Gasteiger partial charge in [0.15, 0.2) is 0 Å². The van der Waals surface area contributed by atoms with E-state index in [1.165, 1.54) is 11.0 Å². The standard InChI is InChI=1S/C20H30F3N3O2/c1-19(2,3)18(28)24-10-9-17(27)26(12-11-25(4)5)14-15-7-6-8-16(13-15)20(21,22)23/h6-8,13H,9-12,14H2,1-5H3,(H,24,28). The molecule has 158 valence electrons. The van der Waals surface area contributed by atoms with Gasteiger partial charge in [0.25, 0.3) is 0 Å². The molecule has 1 rings (SSSR count). The Labute approximate surface area is 164 Å². The zero-order chi connectivity index (χ0) is 21.5. The Morgan fingerprint density at radius 1 is 1.07 bits per heavy atom. The third kappa shape index (κ3) is 8.29. The Bertz CT molecular complexity index is 667. The van der Waals surface area contributed by atoms with Gasteiger partial charge in [-0.05, 0) is 31.8 Å². The van der Waals surface area contributed by atoms with Gasteiger partial charge >= 0.3 is 6.18 Å². The monoisotopic (exact) mass is 401 g/mol. The van der Waals surface area contributed by atoms with Gasteiger partial charge in [-0.25, -0.2) is 0 Å². The summed E-state index contributed by atoms with van der Waals surface area (Å²) in [5, 5.41) is 2.72. The Kier molecular flexibility index (Phi) is 8.48. The average Bonchev–Trinajstić information content (AvgIpc) is 2.56. The summed E-state index contributed by atoms with van der Waals surface area (Å²) in [7, 11) is 3.72. The number of halogens is 3. The molecule has 0 spiro atoms. The van der Waals surface area contributed by atoms with Crippen LogP contribution < -0.4 is 5.32 Å². The number of carbonyl (C=O) groups excluding carboxylic acids is 2. The highest BCUT2D eigenvalue weighted by molar-refractivity contribution is 5.82. The van der Waals surface area contributed by atoms with Crippen molar-refractivity contribution in [3.05, 3.63) is 35.4 Å². The third-order valence-electron chi connectivity index (χ3n) is 4.10. The maximum Gasteiger partial charge on any atom is 0.416 e. The molecule has 1 N–H and O–H groups in total. The van der Waals surface area contributed by atoms with Gasteiger partial charge in [-0.15, -0.1) is 0 Å². The number of benzene rings is 1. The van der Waals surface area contributed by atoms with Crippen LogP contribution >= 0.6 is 0 Å². The van der Waals surface area contributed by atoms with E-state index in [9.17, 15) is 22.8 Å². The third-order valence-corrected chi connectivity index (χ3v) is 4.10. The summed E-state index contributed by atoms with van der Waals surface area (Å²) in [6, 6.07) is 5.00. The molecule has 0 aliphatic rings. The molecule has 0 aliphatic carbocycles. The number of nitrogens with one attached hydrogen (secondary N) is 1. The van der Waals surface area contributed by atoms with Crippen molar-refractivity contribution in [3.63, 3.8) is 0 Å². The molecule has 0 unspecified atom stereocenters. The van der Waals surface area contributed by atoms with Gasteiger partial charge in [-0.2, -0.15) is 13.2 Å². The number of rotatable bonds is 8. The van der Waals surface area contributed by atoms with Crippen molar-refractivity contribution in [2.24, 2.45) is 5.41 Å². The van der Waals surface area contributed by atoms with Crippen LogP contribution in [0.4, 0.5) is 13.2 Å². The second kappa shape index (κ2) is 9.91. The summed E-state index contributed by atoms with van der Waals surface area (Å²) in [6.07, 6.45) is -4.33. The van der Waals surface area contributed by atoms with E-state index in [0.717, 1.165) is 12.1 Å². The van der Waals surface area contributed by atoms with Gasteiger partial charge in [0.1, 0.15) is 0 Å². The zero-order valence-corrected chi connectivity index (χ0v) is 17.2. The van der Waals surface area contributed by atoms with E-state index in [1.807, 2.05) is 19.0 Å². The first-order valence-electron chi connectivity index (χ1n) is 9.17. The van der Waals surface area contributed by atoms with E-state index in [4.69, 9.17) is 0 Å². The quantitative estimate of drug-likeness (QED) is 0.728. The van der Waals surface area contributed by atoms with Crippen molar-refractivity contribution in [1.82, 2.24) is 15.1 Å². The second-order valence-electron chi connectivity index (χ2n) is 8.07. The second-order valence-corrected chi connectivity index (χ2v) is 8.07. The minimum Gasteiger partial charge on any atom is -0.355 e. The van der Waals surface area contributed by atoms with Crippen molar-refractivity contribution in [2.45, 2.75) is 39.9 Å². The number of alkyl halides is 3. The summed E-state index contributed by atoms with van der Waals surface area (Å²) in [5.74, 6) is -0.369. The van der Waals surface area contributed by atoms with Crippen molar-refractivity contribution in [3.8, 4) is 0 Å². The fraction of sp³-hybridized carbons (Fsp3) is 0.600. The van der Waals surface area contributed by atoms with E-state index in [2.05, 4.69) is 5.32 Å². The number of likely N-dealkylation sites (N-methyl/N-ethyl adjacent to an activating group) is 1. The number of hydrogen-bond donors (Lipinski definition) is 1. The highest BCUT2D eigenvalue weighted by Gasteiger charge is 2.30. The molecule has 0 saturated heterocycles. The predicted molar refractivity (Wildman–Crippen MR) is 102 cm³/mol. The molecule has 1 aromatic carbocycles. The van der Waals surface area contributed by atoms with Crippen LogP contribution in [0, 0.1) is 5.41 Å². The molecule has 0 aromatic heterocycles. The normalized spacial score (nSPS) is 12.2. The molecule has 0 bridgehead atoms. The molecule has 8 heteroatoms. The molecular weight excluding hydrogens is 371 g/mol. The lowest BCUT2D eigenvalue weighted by molar-refractivity contribution is -0.137. The lowest BCUT2D eigenvalue weighted by atomic mass is 9.96. The summed E-state index contributed by atoms with van der Waals surface area (Å²) in [4.78, 5) is 27.9. The summed E-state index contributed by atoms with van der Waals surface area (Å²) in [5.41, 5.74) is -0.866. The van der Waals surface area contributed by atoms with Gasteiger partial charge in [0.05, 0.1) is 5.56 Å². The lowest BCUT2D eigenvalue weighted by Gasteiger charge is -2.25. The summed E-state index contributed by atoms with van der Waals surface area (Å²) in [6.45, 7) is 6.58. The minimum atomic E-state index is -4.42. The van der Waals surface area contributed by atoms with Crippen LogP contribution in [0.5, 0.6) is 0 Å². The van der Waals surface area contributed by atoms with Crippen LogP contribution in [0.2, 0.25) is 0 Å². The number of amides is 2. The molecule has 1 aromatic rings. The van der Waals surface area contributed by atoms with Gasteiger partial charge in [0, 0.05) is 38.0 Å². The van der Waals surface area contributed by atoms with E-state index in [0.29, 0.717) is 18.7 Å². The van der Waals surface area contributed by atoms with Crippen LogP contribution in [-0.2, 0) is 22.3 Å². The van der Waals surface area contributed by atoms with E-state index < -0.39 is 17.2 Å². The molecule has 5 nitrogen and oxygen atoms in total. The van der Waals surface area contributed by atoms with E-state index >= 15 is 0 Å². The lowest BCUT2D eigenvalue weighted by Crippen LogP contribution is -2.40. The van der Waals surface area contributed by atoms with Crippen molar-refractivity contribution < 1.29 is 22.8 Å². The first-order valence-corrected chi connectivity index (χ1v) is 9.17. The van der Waals surface area contributed by atoms with Gasteiger partial charge in [-0.1, -0.05) is 32.9 Å². The fourth-order valence-corrected chi connectivity index (χ4v) is 2.39. The van der Waals surface area contributed by atoms with Crippen molar-refractivity contribution >= 4 is 11.8 Å². The number of carbonyl (C=O) groups is 2. The van der Waals surface area contributed by atoms with Gasteiger partial charge < -0.3 is 15.1 Å². The molecule has 0 radical (unpaired) electrons. The van der Waals surface area contributed by atoms with Crippen LogP contribution in [0.3, 0.4) is 0 Å². The largest absolute Gasteiger partial charge is 0.416 e. The predicted octanol–water partition coefficient (Wildman–Crippen LogP) is 3.15. The van der Waals surface area contributed by atoms with Crippen molar-refractivity contribution in [1.29, 1.82) is 0 Å². The molecule has 0 saturated carbocycles. The molecule has 0 atom stereocenters. The highest BCUT2D eigenvalue weighted by atomic mass is 19.4. The maximum atomic E-state index is 12.9. The Morgan fingerprint density at radius 2 is 1.71 bits per heavy atom. The Hall–Kier alpha value is -2.09. The van der Waals surface area contributed by atoms with E-state index in [-0.39, 0.29) is 31.3 Å².